The summed E-state index contributed by atoms with van der Waals surface area (Å²) < 4.78 is 15.3. The number of carbonyl (C=O) groups is 1. The predicted octanol–water partition coefficient (Wildman–Crippen LogP) is 5.49. The number of halogens is 1. The lowest BCUT2D eigenvalue weighted by molar-refractivity contribution is 0.0687. The Kier molecular flexibility index (Phi) is 5.10. The summed E-state index contributed by atoms with van der Waals surface area (Å²) in [5.74, 6) is -1.19. The van der Waals surface area contributed by atoms with Crippen LogP contribution >= 0.6 is 0 Å². The molecule has 1 aromatic heterocycles. The number of benzene rings is 1. The van der Waals surface area contributed by atoms with E-state index in [-0.39, 0.29) is 17.6 Å². The van der Waals surface area contributed by atoms with Crippen molar-refractivity contribution in [1.82, 2.24) is 9.78 Å². The maximum Gasteiger partial charge on any atom is 0.356 e. The molecule has 27 heavy (non-hydrogen) atoms. The molecule has 0 radical (unpaired) electrons. The number of allylic oxidation sites excluding steroid dienone is 1. The highest BCUT2D eigenvalue weighted by molar-refractivity contribution is 5.91. The first-order chi connectivity index (χ1) is 13.1. The van der Waals surface area contributed by atoms with E-state index in [0.717, 1.165) is 60.9 Å². The summed E-state index contributed by atoms with van der Waals surface area (Å²) in [6.45, 7) is 0. The number of hydrogen-bond acceptors (Lipinski definition) is 2. The van der Waals surface area contributed by atoms with Crippen LogP contribution in [0.2, 0.25) is 0 Å². The summed E-state index contributed by atoms with van der Waals surface area (Å²) in [5, 5.41) is 14.3. The summed E-state index contributed by atoms with van der Waals surface area (Å²) in [7, 11) is 0. The van der Waals surface area contributed by atoms with Gasteiger partial charge in [-0.3, -0.25) is 4.68 Å². The summed E-state index contributed by atoms with van der Waals surface area (Å²) in [6, 6.07) is 6.74. The zero-order valence-corrected chi connectivity index (χ0v) is 15.5. The molecule has 0 bridgehead atoms. The zero-order chi connectivity index (χ0) is 18.8. The minimum Gasteiger partial charge on any atom is -0.476 e. The number of aromatic carboxylic acids is 1. The van der Waals surface area contributed by atoms with Gasteiger partial charge in [0.2, 0.25) is 0 Å². The van der Waals surface area contributed by atoms with Gasteiger partial charge in [-0.25, -0.2) is 9.18 Å². The molecule has 1 heterocycles. The molecule has 0 saturated heterocycles. The van der Waals surface area contributed by atoms with Crippen molar-refractivity contribution in [2.75, 3.05) is 0 Å². The van der Waals surface area contributed by atoms with Gasteiger partial charge in [0.1, 0.15) is 5.82 Å². The Morgan fingerprint density at radius 3 is 2.48 bits per heavy atom. The Morgan fingerprint density at radius 1 is 1.07 bits per heavy atom. The summed E-state index contributed by atoms with van der Waals surface area (Å²) in [5.41, 5.74) is 4.15. The smallest absolute Gasteiger partial charge is 0.356 e. The number of carboxylic acid groups (broad SMARTS) is 1. The second kappa shape index (κ2) is 7.67. The maximum absolute atomic E-state index is 13.3. The summed E-state index contributed by atoms with van der Waals surface area (Å²) in [6.07, 6.45) is 11.4. The first-order valence-electron chi connectivity index (χ1n) is 9.94. The molecule has 1 aromatic carbocycles. The third-order valence-corrected chi connectivity index (χ3v) is 5.77. The second-order valence-electron chi connectivity index (χ2n) is 7.65. The van der Waals surface area contributed by atoms with Crippen LogP contribution in [0.1, 0.15) is 84.7 Å². The lowest BCUT2D eigenvalue weighted by Gasteiger charge is -2.25. The third-order valence-electron chi connectivity index (χ3n) is 5.77. The van der Waals surface area contributed by atoms with Crippen LogP contribution in [-0.4, -0.2) is 20.9 Å². The Labute approximate surface area is 158 Å². The molecule has 2 aromatic rings. The molecule has 1 saturated carbocycles. The lowest BCUT2D eigenvalue weighted by Crippen LogP contribution is -2.17. The maximum atomic E-state index is 13.3. The molecule has 1 N–H and O–H groups in total. The molecule has 1 fully saturated rings. The van der Waals surface area contributed by atoms with Crippen molar-refractivity contribution in [3.8, 4) is 0 Å². The van der Waals surface area contributed by atoms with Crippen LogP contribution in [0.3, 0.4) is 0 Å². The van der Waals surface area contributed by atoms with Gasteiger partial charge in [0.15, 0.2) is 5.69 Å². The van der Waals surface area contributed by atoms with E-state index < -0.39 is 5.97 Å². The molecule has 2 aliphatic carbocycles. The van der Waals surface area contributed by atoms with Gasteiger partial charge in [-0.15, -0.1) is 0 Å². The summed E-state index contributed by atoms with van der Waals surface area (Å²) >= 11 is 0. The summed E-state index contributed by atoms with van der Waals surface area (Å²) in [4.78, 5) is 11.8. The van der Waals surface area contributed by atoms with Gasteiger partial charge in [0.25, 0.3) is 0 Å². The normalized spacial score (nSPS) is 19.7. The van der Waals surface area contributed by atoms with Gasteiger partial charge < -0.3 is 5.11 Å². The first kappa shape index (κ1) is 18.0. The Morgan fingerprint density at radius 2 is 1.78 bits per heavy atom. The molecule has 0 spiro atoms. The van der Waals surface area contributed by atoms with E-state index in [2.05, 4.69) is 11.2 Å². The van der Waals surface area contributed by atoms with E-state index in [1.54, 1.807) is 12.1 Å². The average Bonchev–Trinajstić information content (AvgIpc) is 2.95. The SMILES string of the molecule is O=C(O)c1nn(C2CCCCC2)c2c1CCCC/C2=C\c1ccc(F)cc1. The Balaban J connectivity index is 1.84. The van der Waals surface area contributed by atoms with Gasteiger partial charge in [-0.2, -0.15) is 5.10 Å². The number of rotatable bonds is 3. The highest BCUT2D eigenvalue weighted by Crippen LogP contribution is 2.38. The van der Waals surface area contributed by atoms with Crippen LogP contribution in [0, 0.1) is 5.82 Å². The van der Waals surface area contributed by atoms with Gasteiger partial charge in [-0.05, 0) is 67.9 Å². The molecule has 0 aliphatic heterocycles. The fraction of sp³-hybridized carbons (Fsp3) is 0.455. The predicted molar refractivity (Wildman–Crippen MR) is 103 cm³/mol. The number of nitrogens with zero attached hydrogens (tertiary/aromatic N) is 2. The number of hydrogen-bond donors (Lipinski definition) is 1. The van der Waals surface area contributed by atoms with Crippen LogP contribution in [-0.2, 0) is 6.42 Å². The van der Waals surface area contributed by atoms with Gasteiger partial charge >= 0.3 is 5.97 Å². The van der Waals surface area contributed by atoms with E-state index in [1.807, 2.05) is 4.68 Å². The first-order valence-corrected chi connectivity index (χ1v) is 9.94. The number of fused-ring (bicyclic) bond motifs is 1. The van der Waals surface area contributed by atoms with Crippen LogP contribution in [0.15, 0.2) is 24.3 Å². The molecular formula is C22H25FN2O2. The van der Waals surface area contributed by atoms with Crippen molar-refractivity contribution in [3.05, 3.63) is 52.6 Å². The monoisotopic (exact) mass is 368 g/mol. The van der Waals surface area contributed by atoms with Crippen molar-refractivity contribution in [2.24, 2.45) is 0 Å². The van der Waals surface area contributed by atoms with Crippen molar-refractivity contribution in [3.63, 3.8) is 0 Å². The van der Waals surface area contributed by atoms with Crippen molar-refractivity contribution >= 4 is 17.6 Å². The minimum atomic E-state index is -0.941. The van der Waals surface area contributed by atoms with Gasteiger partial charge in [-0.1, -0.05) is 31.4 Å². The fourth-order valence-electron chi connectivity index (χ4n) is 4.44. The molecule has 5 heteroatoms. The van der Waals surface area contributed by atoms with Crippen molar-refractivity contribution in [2.45, 2.75) is 63.8 Å². The molecular weight excluding hydrogens is 343 g/mol. The second-order valence-corrected chi connectivity index (χ2v) is 7.65. The Bertz CT molecular complexity index is 861. The lowest BCUT2D eigenvalue weighted by atomic mass is 9.94. The molecule has 0 unspecified atom stereocenters. The molecule has 0 atom stereocenters. The molecule has 4 rings (SSSR count). The van der Waals surface area contributed by atoms with Gasteiger partial charge in [0.05, 0.1) is 11.7 Å². The topological polar surface area (TPSA) is 55.1 Å². The zero-order valence-electron chi connectivity index (χ0n) is 15.5. The largest absolute Gasteiger partial charge is 0.476 e. The van der Waals surface area contributed by atoms with E-state index in [4.69, 9.17) is 0 Å². The molecule has 0 amide bonds. The number of carboxylic acids is 1. The van der Waals surface area contributed by atoms with Crippen molar-refractivity contribution < 1.29 is 14.3 Å². The van der Waals surface area contributed by atoms with Gasteiger partial charge in [0, 0.05) is 5.56 Å². The van der Waals surface area contributed by atoms with E-state index >= 15 is 0 Å². The molecule has 142 valence electrons. The minimum absolute atomic E-state index is 0.211. The fourth-order valence-corrected chi connectivity index (χ4v) is 4.44. The van der Waals surface area contributed by atoms with E-state index in [1.165, 1.54) is 31.4 Å². The van der Waals surface area contributed by atoms with Crippen LogP contribution in [0.5, 0.6) is 0 Å². The van der Waals surface area contributed by atoms with Crippen molar-refractivity contribution in [1.29, 1.82) is 0 Å². The van der Waals surface area contributed by atoms with Crippen LogP contribution in [0.25, 0.3) is 11.6 Å². The standard InChI is InChI=1S/C22H25FN2O2/c23-17-12-10-15(11-13-17)14-16-6-4-5-9-19-20(22(26)27)24-25(21(16)19)18-7-2-1-3-8-18/h10-14,18H,1-9H2,(H,26,27)/b16-14+. The Hall–Kier alpha value is -2.43. The molecule has 2 aliphatic rings. The van der Waals surface area contributed by atoms with E-state index in [9.17, 15) is 14.3 Å². The van der Waals surface area contributed by atoms with Crippen LogP contribution in [0.4, 0.5) is 4.39 Å². The number of aromatic nitrogens is 2. The highest BCUT2D eigenvalue weighted by Gasteiger charge is 2.29. The molecule has 4 nitrogen and oxygen atoms in total. The highest BCUT2D eigenvalue weighted by atomic mass is 19.1. The van der Waals surface area contributed by atoms with E-state index in [0.29, 0.717) is 0 Å². The average molecular weight is 368 g/mol. The quantitative estimate of drug-likeness (QED) is 0.729. The van der Waals surface area contributed by atoms with Crippen LogP contribution < -0.4 is 0 Å². The third kappa shape index (κ3) is 3.68.